The van der Waals surface area contributed by atoms with E-state index >= 15 is 0 Å². The number of rotatable bonds is 5. The molecule has 0 unspecified atom stereocenters. The van der Waals surface area contributed by atoms with Crippen molar-refractivity contribution in [2.24, 2.45) is 5.92 Å². The highest BCUT2D eigenvalue weighted by Gasteiger charge is 2.44. The number of hydrogen-bond donors (Lipinski definition) is 2. The van der Waals surface area contributed by atoms with Crippen LogP contribution in [0, 0.1) is 5.92 Å². The highest BCUT2D eigenvalue weighted by molar-refractivity contribution is 6.07. The Hall–Kier alpha value is -3.75. The third kappa shape index (κ3) is 2.99. The van der Waals surface area contributed by atoms with Gasteiger partial charge in [0.25, 0.3) is 0 Å². The van der Waals surface area contributed by atoms with Gasteiger partial charge in [0.1, 0.15) is 0 Å². The molecule has 4 rings (SSSR count). The summed E-state index contributed by atoms with van der Waals surface area (Å²) in [5.74, 6) is -1.89. The monoisotopic (exact) mass is 411 g/mol. The van der Waals surface area contributed by atoms with Crippen molar-refractivity contribution in [3.8, 4) is 17.2 Å². The van der Waals surface area contributed by atoms with E-state index in [1.165, 1.54) is 14.2 Å². The Morgan fingerprint density at radius 2 is 1.87 bits per heavy atom. The van der Waals surface area contributed by atoms with E-state index in [-0.39, 0.29) is 23.9 Å². The Labute approximate surface area is 172 Å². The fourth-order valence-corrected chi connectivity index (χ4v) is 3.79. The number of ether oxygens (including phenoxy) is 3. The molecular formula is C21H21N3O6. The number of methoxy groups -OCH3 is 2. The largest absolute Gasteiger partial charge is 0.502 e. The second kappa shape index (κ2) is 7.58. The molecule has 1 aliphatic rings. The zero-order valence-electron chi connectivity index (χ0n) is 16.7. The summed E-state index contributed by atoms with van der Waals surface area (Å²) in [5, 5.41) is 13.0. The molecule has 0 bridgehead atoms. The number of benzene rings is 2. The molecule has 3 aromatic rings. The number of para-hydroxylation sites is 2. The number of fused-ring (bicyclic) bond motifs is 3. The predicted molar refractivity (Wildman–Crippen MR) is 108 cm³/mol. The fourth-order valence-electron chi connectivity index (χ4n) is 3.79. The number of amides is 1. The Balaban J connectivity index is 2.00. The molecule has 0 spiro atoms. The van der Waals surface area contributed by atoms with E-state index in [1.54, 1.807) is 23.6 Å². The van der Waals surface area contributed by atoms with Gasteiger partial charge in [-0.25, -0.2) is 4.98 Å². The number of anilines is 1. The number of nitrogens with zero attached hydrogens (tertiary/aromatic N) is 2. The minimum absolute atomic E-state index is 0.134. The molecule has 2 heterocycles. The van der Waals surface area contributed by atoms with Gasteiger partial charge in [0.05, 0.1) is 37.9 Å². The van der Waals surface area contributed by atoms with Crippen LogP contribution in [0.3, 0.4) is 0 Å². The summed E-state index contributed by atoms with van der Waals surface area (Å²) in [7, 11) is 2.82. The molecule has 1 aliphatic heterocycles. The number of carbonyl (C=O) groups is 2. The second-order valence-corrected chi connectivity index (χ2v) is 6.73. The van der Waals surface area contributed by atoms with Gasteiger partial charge in [0, 0.05) is 0 Å². The first-order chi connectivity index (χ1) is 14.5. The summed E-state index contributed by atoms with van der Waals surface area (Å²) in [6.45, 7) is 1.81. The molecule has 0 saturated carbocycles. The molecule has 0 saturated heterocycles. The number of carbonyl (C=O) groups excluding carboxylic acids is 2. The molecule has 2 atom stereocenters. The predicted octanol–water partition coefficient (Wildman–Crippen LogP) is 2.48. The van der Waals surface area contributed by atoms with Crippen LogP contribution in [-0.4, -0.2) is 47.4 Å². The minimum atomic E-state index is -1.17. The maximum atomic E-state index is 12.9. The van der Waals surface area contributed by atoms with E-state index in [2.05, 4.69) is 10.3 Å². The van der Waals surface area contributed by atoms with Crippen LogP contribution >= 0.6 is 0 Å². The Morgan fingerprint density at radius 1 is 1.20 bits per heavy atom. The minimum Gasteiger partial charge on any atom is -0.502 e. The molecule has 0 radical (unpaired) electrons. The van der Waals surface area contributed by atoms with Gasteiger partial charge in [-0.1, -0.05) is 12.1 Å². The lowest BCUT2D eigenvalue weighted by atomic mass is 9.89. The SMILES string of the molecule is CCOC(=O)[C@@H]1C(=O)Nc2nc3ccccc3n2[C@H]1c1cc(OC)c(O)c(OC)c1. The highest BCUT2D eigenvalue weighted by Crippen LogP contribution is 2.44. The van der Waals surface area contributed by atoms with Gasteiger partial charge >= 0.3 is 5.97 Å². The van der Waals surface area contributed by atoms with Crippen molar-refractivity contribution in [3.63, 3.8) is 0 Å². The van der Waals surface area contributed by atoms with Crippen LogP contribution in [0.25, 0.3) is 11.0 Å². The number of phenolic OH excluding ortho intramolecular Hbond substituents is 1. The van der Waals surface area contributed by atoms with Gasteiger partial charge in [0.15, 0.2) is 17.4 Å². The Bertz CT molecular complexity index is 1110. The quantitative estimate of drug-likeness (QED) is 0.490. The summed E-state index contributed by atoms with van der Waals surface area (Å²) < 4.78 is 17.5. The first kappa shape index (κ1) is 19.6. The average molecular weight is 411 g/mol. The van der Waals surface area contributed by atoms with Crippen LogP contribution in [0.5, 0.6) is 17.2 Å². The maximum Gasteiger partial charge on any atom is 0.321 e. The summed E-state index contributed by atoms with van der Waals surface area (Å²) in [6.07, 6.45) is 0. The first-order valence-electron chi connectivity index (χ1n) is 9.39. The van der Waals surface area contributed by atoms with Crippen LogP contribution in [0.2, 0.25) is 0 Å². The van der Waals surface area contributed by atoms with Crippen LogP contribution in [0.15, 0.2) is 36.4 Å². The van der Waals surface area contributed by atoms with Crippen LogP contribution in [-0.2, 0) is 14.3 Å². The molecular weight excluding hydrogens is 390 g/mol. The number of nitrogens with one attached hydrogen (secondary N) is 1. The lowest BCUT2D eigenvalue weighted by Gasteiger charge is -2.32. The lowest BCUT2D eigenvalue weighted by Crippen LogP contribution is -2.43. The number of hydrogen-bond acceptors (Lipinski definition) is 7. The average Bonchev–Trinajstić information content (AvgIpc) is 3.10. The first-order valence-corrected chi connectivity index (χ1v) is 9.39. The Morgan fingerprint density at radius 3 is 2.50 bits per heavy atom. The Kier molecular flexibility index (Phi) is 4.94. The van der Waals surface area contributed by atoms with Crippen molar-refractivity contribution in [1.82, 2.24) is 9.55 Å². The van der Waals surface area contributed by atoms with Gasteiger partial charge in [0.2, 0.25) is 17.6 Å². The fraction of sp³-hybridized carbons (Fsp3) is 0.286. The number of aromatic nitrogens is 2. The molecule has 30 heavy (non-hydrogen) atoms. The maximum absolute atomic E-state index is 12.9. The van der Waals surface area contributed by atoms with Crippen molar-refractivity contribution in [1.29, 1.82) is 0 Å². The number of imidazole rings is 1. The van der Waals surface area contributed by atoms with Crippen LogP contribution < -0.4 is 14.8 Å². The van der Waals surface area contributed by atoms with Gasteiger partial charge in [-0.15, -0.1) is 0 Å². The van der Waals surface area contributed by atoms with E-state index in [4.69, 9.17) is 14.2 Å². The number of phenols is 1. The van der Waals surface area contributed by atoms with Gasteiger partial charge in [-0.3, -0.25) is 14.9 Å². The summed E-state index contributed by atoms with van der Waals surface area (Å²) >= 11 is 0. The van der Waals surface area contributed by atoms with Gasteiger partial charge < -0.3 is 23.9 Å². The lowest BCUT2D eigenvalue weighted by molar-refractivity contribution is -0.152. The van der Waals surface area contributed by atoms with Crippen molar-refractivity contribution in [3.05, 3.63) is 42.0 Å². The molecule has 0 fully saturated rings. The zero-order valence-corrected chi connectivity index (χ0v) is 16.7. The molecule has 1 amide bonds. The van der Waals surface area contributed by atoms with Crippen molar-refractivity contribution >= 4 is 28.9 Å². The van der Waals surface area contributed by atoms with E-state index in [0.717, 1.165) is 5.52 Å². The zero-order chi connectivity index (χ0) is 21.4. The topological polar surface area (TPSA) is 112 Å². The normalized spacial score (nSPS) is 17.9. The molecule has 2 aromatic carbocycles. The highest BCUT2D eigenvalue weighted by atomic mass is 16.5. The molecule has 156 valence electrons. The van der Waals surface area contributed by atoms with Crippen molar-refractivity contribution in [2.75, 3.05) is 26.1 Å². The van der Waals surface area contributed by atoms with E-state index in [1.807, 2.05) is 24.3 Å². The summed E-state index contributed by atoms with van der Waals surface area (Å²) in [5.41, 5.74) is 1.93. The van der Waals surface area contributed by atoms with Crippen LogP contribution in [0.1, 0.15) is 18.5 Å². The number of aromatic hydroxyl groups is 1. The van der Waals surface area contributed by atoms with E-state index in [0.29, 0.717) is 17.0 Å². The molecule has 0 aliphatic carbocycles. The molecule has 1 aromatic heterocycles. The third-order valence-corrected chi connectivity index (χ3v) is 5.09. The van der Waals surface area contributed by atoms with Crippen LogP contribution in [0.4, 0.5) is 5.95 Å². The van der Waals surface area contributed by atoms with Gasteiger partial charge in [-0.2, -0.15) is 0 Å². The summed E-state index contributed by atoms with van der Waals surface area (Å²) in [6, 6.07) is 9.73. The van der Waals surface area contributed by atoms with Crippen molar-refractivity contribution < 1.29 is 28.9 Å². The second-order valence-electron chi connectivity index (χ2n) is 6.73. The molecule has 9 heteroatoms. The van der Waals surface area contributed by atoms with Gasteiger partial charge in [-0.05, 0) is 36.8 Å². The molecule has 9 nitrogen and oxygen atoms in total. The van der Waals surface area contributed by atoms with E-state index < -0.39 is 23.8 Å². The number of esters is 1. The standard InChI is InChI=1S/C21H21N3O6/c1-4-30-20(27)16-17(11-9-14(28-2)18(25)15(10-11)29-3)24-13-8-6-5-7-12(13)22-21(24)23-19(16)26/h5-10,16-17,25H,4H2,1-3H3,(H,22,23,26)/t16-,17-/m0/s1. The summed E-state index contributed by atoms with van der Waals surface area (Å²) in [4.78, 5) is 30.2. The van der Waals surface area contributed by atoms with E-state index in [9.17, 15) is 14.7 Å². The van der Waals surface area contributed by atoms with Crippen molar-refractivity contribution in [2.45, 2.75) is 13.0 Å². The smallest absolute Gasteiger partial charge is 0.321 e. The molecule has 2 N–H and O–H groups in total. The third-order valence-electron chi connectivity index (χ3n) is 5.09.